The SMILES string of the molecule is CC(C)(CN)CC1=NCCN1. The van der Waals surface area contributed by atoms with E-state index in [0.717, 1.165) is 25.3 Å². The lowest BCUT2D eigenvalue weighted by molar-refractivity contribution is 0.394. The zero-order valence-corrected chi connectivity index (χ0v) is 7.35. The molecule has 11 heavy (non-hydrogen) atoms. The summed E-state index contributed by atoms with van der Waals surface area (Å²) < 4.78 is 0. The third-order valence-electron chi connectivity index (χ3n) is 1.94. The van der Waals surface area contributed by atoms with Crippen LogP contribution in [-0.2, 0) is 0 Å². The fraction of sp³-hybridized carbons (Fsp3) is 0.875. The predicted octanol–water partition coefficient (Wildman–Crippen LogP) is 0.363. The summed E-state index contributed by atoms with van der Waals surface area (Å²) in [5.41, 5.74) is 5.79. The number of nitrogens with zero attached hydrogens (tertiary/aromatic N) is 1. The van der Waals surface area contributed by atoms with Crippen molar-refractivity contribution in [3.8, 4) is 0 Å². The average molecular weight is 155 g/mol. The summed E-state index contributed by atoms with van der Waals surface area (Å²) in [6, 6.07) is 0. The van der Waals surface area contributed by atoms with Gasteiger partial charge >= 0.3 is 0 Å². The number of aliphatic imine (C=N–C) groups is 1. The monoisotopic (exact) mass is 155 g/mol. The van der Waals surface area contributed by atoms with Gasteiger partial charge in [0.1, 0.15) is 0 Å². The van der Waals surface area contributed by atoms with Crippen molar-refractivity contribution < 1.29 is 0 Å². The molecule has 64 valence electrons. The smallest absolute Gasteiger partial charge is 0.0970 e. The van der Waals surface area contributed by atoms with Gasteiger partial charge in [-0.15, -0.1) is 0 Å². The zero-order valence-electron chi connectivity index (χ0n) is 7.35. The van der Waals surface area contributed by atoms with E-state index < -0.39 is 0 Å². The molecule has 0 fully saturated rings. The number of nitrogens with two attached hydrogens (primary N) is 1. The molecule has 3 N–H and O–H groups in total. The van der Waals surface area contributed by atoms with Crippen molar-refractivity contribution in [2.45, 2.75) is 20.3 Å². The summed E-state index contributed by atoms with van der Waals surface area (Å²) in [5.74, 6) is 1.13. The van der Waals surface area contributed by atoms with Crippen LogP contribution in [0.2, 0.25) is 0 Å². The lowest BCUT2D eigenvalue weighted by Crippen LogP contribution is -2.31. The van der Waals surface area contributed by atoms with E-state index in [1.807, 2.05) is 0 Å². The second-order valence-corrected chi connectivity index (χ2v) is 3.80. The number of nitrogens with one attached hydrogen (secondary N) is 1. The lowest BCUT2D eigenvalue weighted by Gasteiger charge is -2.21. The molecule has 1 heterocycles. The highest BCUT2D eigenvalue weighted by Crippen LogP contribution is 2.18. The summed E-state index contributed by atoms with van der Waals surface area (Å²) in [5, 5.41) is 3.24. The van der Waals surface area contributed by atoms with Crippen LogP contribution in [-0.4, -0.2) is 25.5 Å². The minimum absolute atomic E-state index is 0.191. The van der Waals surface area contributed by atoms with Crippen LogP contribution in [0.4, 0.5) is 0 Å². The fourth-order valence-electron chi connectivity index (χ4n) is 1.09. The summed E-state index contributed by atoms with van der Waals surface area (Å²) >= 11 is 0. The van der Waals surface area contributed by atoms with Crippen LogP contribution in [0.1, 0.15) is 20.3 Å². The number of hydrogen-bond donors (Lipinski definition) is 2. The molecule has 1 aliphatic heterocycles. The molecule has 3 nitrogen and oxygen atoms in total. The maximum Gasteiger partial charge on any atom is 0.0970 e. The molecule has 0 spiro atoms. The fourth-order valence-corrected chi connectivity index (χ4v) is 1.09. The zero-order chi connectivity index (χ0) is 8.32. The summed E-state index contributed by atoms with van der Waals surface area (Å²) in [6.45, 7) is 6.96. The molecular weight excluding hydrogens is 138 g/mol. The van der Waals surface area contributed by atoms with Gasteiger partial charge in [-0.05, 0) is 12.0 Å². The Morgan fingerprint density at radius 3 is 2.82 bits per heavy atom. The number of amidine groups is 1. The molecule has 0 aromatic rings. The molecule has 0 saturated heterocycles. The number of rotatable bonds is 3. The highest BCUT2D eigenvalue weighted by molar-refractivity contribution is 5.84. The Morgan fingerprint density at radius 1 is 1.64 bits per heavy atom. The molecule has 0 radical (unpaired) electrons. The highest BCUT2D eigenvalue weighted by atomic mass is 15.1. The van der Waals surface area contributed by atoms with Gasteiger partial charge in [-0.2, -0.15) is 0 Å². The van der Waals surface area contributed by atoms with Crippen molar-refractivity contribution in [1.82, 2.24) is 5.32 Å². The predicted molar refractivity (Wildman–Crippen MR) is 47.8 cm³/mol. The van der Waals surface area contributed by atoms with Crippen LogP contribution in [0.15, 0.2) is 4.99 Å². The first-order valence-electron chi connectivity index (χ1n) is 4.11. The molecule has 1 rings (SSSR count). The molecule has 0 saturated carbocycles. The van der Waals surface area contributed by atoms with Crippen molar-refractivity contribution >= 4 is 5.84 Å². The molecule has 0 bridgehead atoms. The van der Waals surface area contributed by atoms with Crippen LogP contribution in [0.5, 0.6) is 0 Å². The van der Waals surface area contributed by atoms with Gasteiger partial charge in [0, 0.05) is 13.0 Å². The van der Waals surface area contributed by atoms with Crippen LogP contribution in [0.25, 0.3) is 0 Å². The molecular formula is C8H17N3. The summed E-state index contributed by atoms with van der Waals surface area (Å²) in [6.07, 6.45) is 0.976. The van der Waals surface area contributed by atoms with Crippen molar-refractivity contribution in [3.63, 3.8) is 0 Å². The Balaban J connectivity index is 2.40. The molecule has 0 aromatic carbocycles. The summed E-state index contributed by atoms with van der Waals surface area (Å²) in [4.78, 5) is 4.32. The Kier molecular flexibility index (Phi) is 2.49. The molecule has 1 aliphatic rings. The van der Waals surface area contributed by atoms with Crippen molar-refractivity contribution in [3.05, 3.63) is 0 Å². The number of hydrogen-bond acceptors (Lipinski definition) is 3. The Bertz CT molecular complexity index is 161. The van der Waals surface area contributed by atoms with Gasteiger partial charge in [0.25, 0.3) is 0 Å². The van der Waals surface area contributed by atoms with Gasteiger partial charge in [-0.1, -0.05) is 13.8 Å². The Hall–Kier alpha value is -0.570. The molecule has 3 heteroatoms. The van der Waals surface area contributed by atoms with E-state index in [9.17, 15) is 0 Å². The minimum atomic E-state index is 0.191. The average Bonchev–Trinajstić information content (AvgIpc) is 2.39. The third kappa shape index (κ3) is 2.50. The van der Waals surface area contributed by atoms with E-state index in [1.165, 1.54) is 0 Å². The molecule has 0 aliphatic carbocycles. The van der Waals surface area contributed by atoms with E-state index in [2.05, 4.69) is 24.2 Å². The largest absolute Gasteiger partial charge is 0.372 e. The Morgan fingerprint density at radius 2 is 2.36 bits per heavy atom. The molecule has 0 aromatic heterocycles. The van der Waals surface area contributed by atoms with Gasteiger partial charge in [-0.3, -0.25) is 4.99 Å². The van der Waals surface area contributed by atoms with Crippen molar-refractivity contribution in [1.29, 1.82) is 0 Å². The maximum absolute atomic E-state index is 5.60. The van der Waals surface area contributed by atoms with Crippen LogP contribution < -0.4 is 11.1 Å². The van der Waals surface area contributed by atoms with Gasteiger partial charge in [0.2, 0.25) is 0 Å². The standard InChI is InChI=1S/C8H17N3/c1-8(2,6-9)5-7-10-3-4-11-7/h3-6,9H2,1-2H3,(H,10,11). The van der Waals surface area contributed by atoms with Crippen LogP contribution >= 0.6 is 0 Å². The normalized spacial score (nSPS) is 17.9. The molecule has 0 amide bonds. The van der Waals surface area contributed by atoms with Gasteiger partial charge in [0.15, 0.2) is 0 Å². The van der Waals surface area contributed by atoms with E-state index in [4.69, 9.17) is 5.73 Å². The van der Waals surface area contributed by atoms with Crippen molar-refractivity contribution in [2.75, 3.05) is 19.6 Å². The van der Waals surface area contributed by atoms with E-state index in [1.54, 1.807) is 0 Å². The van der Waals surface area contributed by atoms with Crippen molar-refractivity contribution in [2.24, 2.45) is 16.1 Å². The quantitative estimate of drug-likeness (QED) is 0.618. The van der Waals surface area contributed by atoms with E-state index in [0.29, 0.717) is 6.54 Å². The molecule has 0 atom stereocenters. The second kappa shape index (κ2) is 3.22. The Labute approximate surface area is 68.1 Å². The maximum atomic E-state index is 5.60. The molecule has 0 unspecified atom stereocenters. The third-order valence-corrected chi connectivity index (χ3v) is 1.94. The van der Waals surface area contributed by atoms with E-state index in [-0.39, 0.29) is 5.41 Å². The van der Waals surface area contributed by atoms with Gasteiger partial charge in [-0.25, -0.2) is 0 Å². The first-order chi connectivity index (χ1) is 5.14. The summed E-state index contributed by atoms with van der Waals surface area (Å²) in [7, 11) is 0. The topological polar surface area (TPSA) is 50.4 Å². The van der Waals surface area contributed by atoms with Crippen LogP contribution in [0, 0.1) is 5.41 Å². The second-order valence-electron chi connectivity index (χ2n) is 3.80. The highest BCUT2D eigenvalue weighted by Gasteiger charge is 2.19. The lowest BCUT2D eigenvalue weighted by atomic mass is 9.89. The van der Waals surface area contributed by atoms with E-state index >= 15 is 0 Å². The first kappa shape index (κ1) is 8.53. The van der Waals surface area contributed by atoms with Gasteiger partial charge < -0.3 is 11.1 Å². The minimum Gasteiger partial charge on any atom is -0.372 e. The van der Waals surface area contributed by atoms with Gasteiger partial charge in [0.05, 0.1) is 12.4 Å². The van der Waals surface area contributed by atoms with Crippen LogP contribution in [0.3, 0.4) is 0 Å². The first-order valence-corrected chi connectivity index (χ1v) is 4.11.